The van der Waals surface area contributed by atoms with E-state index in [1.54, 1.807) is 11.8 Å². The van der Waals surface area contributed by atoms with E-state index < -0.39 is 0 Å². The topological polar surface area (TPSA) is 62.3 Å². The fourth-order valence-electron chi connectivity index (χ4n) is 2.09. The Balaban J connectivity index is 2.41. The third-order valence-electron chi connectivity index (χ3n) is 3.10. The molecular formula is C14H17Br2N3O2. The van der Waals surface area contributed by atoms with Gasteiger partial charge in [-0.15, -0.1) is 0 Å². The van der Waals surface area contributed by atoms with Crippen LogP contribution < -0.4 is 15.2 Å². The lowest BCUT2D eigenvalue weighted by molar-refractivity contribution is 0.404. The molecule has 0 saturated heterocycles. The van der Waals surface area contributed by atoms with E-state index in [9.17, 15) is 0 Å². The Morgan fingerprint density at radius 1 is 1.24 bits per heavy atom. The van der Waals surface area contributed by atoms with E-state index in [0.717, 1.165) is 32.4 Å². The van der Waals surface area contributed by atoms with Crippen molar-refractivity contribution < 1.29 is 9.47 Å². The molecule has 21 heavy (non-hydrogen) atoms. The summed E-state index contributed by atoms with van der Waals surface area (Å²) in [6, 6.07) is 3.71. The van der Waals surface area contributed by atoms with Gasteiger partial charge in [0.1, 0.15) is 11.5 Å². The molecule has 0 saturated carbocycles. The number of halogens is 2. The summed E-state index contributed by atoms with van der Waals surface area (Å²) in [7, 11) is 3.48. The first kappa shape index (κ1) is 16.3. The monoisotopic (exact) mass is 417 g/mol. The first-order valence-corrected chi connectivity index (χ1v) is 8.00. The Kier molecular flexibility index (Phi) is 5.29. The molecule has 0 spiro atoms. The smallest absolute Gasteiger partial charge is 0.221 e. The van der Waals surface area contributed by atoms with Gasteiger partial charge in [0.05, 0.1) is 21.7 Å². The summed E-state index contributed by atoms with van der Waals surface area (Å²) in [4.78, 5) is 0. The zero-order chi connectivity index (χ0) is 15.6. The lowest BCUT2D eigenvalue weighted by atomic mass is 10.2. The SMILES string of the molecule is COc1cc(Br)c(Oc2c(CCN)c(C)nn2C)cc1Br. The fraction of sp³-hybridized carbons (Fsp3) is 0.357. The molecule has 114 valence electrons. The van der Waals surface area contributed by atoms with Crippen LogP contribution in [-0.4, -0.2) is 23.4 Å². The second-order valence-electron chi connectivity index (χ2n) is 4.55. The zero-order valence-corrected chi connectivity index (χ0v) is 15.3. The van der Waals surface area contributed by atoms with Gasteiger partial charge in [0.2, 0.25) is 5.88 Å². The van der Waals surface area contributed by atoms with Gasteiger partial charge >= 0.3 is 0 Å². The van der Waals surface area contributed by atoms with Gasteiger partial charge in [-0.05, 0) is 63.9 Å². The van der Waals surface area contributed by atoms with E-state index in [-0.39, 0.29) is 0 Å². The molecule has 1 aromatic carbocycles. The molecule has 7 heteroatoms. The molecule has 0 amide bonds. The Hall–Kier alpha value is -1.05. The van der Waals surface area contributed by atoms with E-state index in [1.807, 2.05) is 26.1 Å². The molecule has 2 aromatic rings. The van der Waals surface area contributed by atoms with Crippen LogP contribution >= 0.6 is 31.9 Å². The van der Waals surface area contributed by atoms with Gasteiger partial charge in [-0.25, -0.2) is 4.68 Å². The van der Waals surface area contributed by atoms with Gasteiger partial charge in [0.15, 0.2) is 0 Å². The largest absolute Gasteiger partial charge is 0.496 e. The van der Waals surface area contributed by atoms with Crippen molar-refractivity contribution in [2.75, 3.05) is 13.7 Å². The minimum Gasteiger partial charge on any atom is -0.496 e. The lowest BCUT2D eigenvalue weighted by Crippen LogP contribution is -2.05. The molecule has 0 bridgehead atoms. The van der Waals surface area contributed by atoms with Crippen molar-refractivity contribution in [2.45, 2.75) is 13.3 Å². The molecule has 2 N–H and O–H groups in total. The van der Waals surface area contributed by atoms with Crippen LogP contribution in [0.25, 0.3) is 0 Å². The van der Waals surface area contributed by atoms with E-state index in [1.165, 1.54) is 0 Å². The normalized spacial score (nSPS) is 10.8. The van der Waals surface area contributed by atoms with Crippen LogP contribution in [0.4, 0.5) is 0 Å². The van der Waals surface area contributed by atoms with Gasteiger partial charge in [-0.2, -0.15) is 5.10 Å². The van der Waals surface area contributed by atoms with Crippen LogP contribution in [0.15, 0.2) is 21.1 Å². The van der Waals surface area contributed by atoms with Crippen LogP contribution in [0.2, 0.25) is 0 Å². The minimum absolute atomic E-state index is 0.552. The second kappa shape index (κ2) is 6.81. The molecule has 0 atom stereocenters. The number of ether oxygens (including phenoxy) is 2. The second-order valence-corrected chi connectivity index (χ2v) is 6.26. The Labute approximate surface area is 140 Å². The number of nitrogens with two attached hydrogens (primary N) is 1. The molecule has 0 radical (unpaired) electrons. The summed E-state index contributed by atoms with van der Waals surface area (Å²) in [5, 5.41) is 4.40. The molecule has 1 aromatic heterocycles. The van der Waals surface area contributed by atoms with Gasteiger partial charge in [0.25, 0.3) is 0 Å². The van der Waals surface area contributed by atoms with Crippen molar-refractivity contribution in [2.24, 2.45) is 12.8 Å². The number of hydrogen-bond acceptors (Lipinski definition) is 4. The van der Waals surface area contributed by atoms with Crippen LogP contribution in [0.5, 0.6) is 17.4 Å². The summed E-state index contributed by atoms with van der Waals surface area (Å²) < 4.78 is 14.6. The molecule has 5 nitrogen and oxygen atoms in total. The average molecular weight is 419 g/mol. The summed E-state index contributed by atoms with van der Waals surface area (Å²) in [5.41, 5.74) is 7.63. The highest BCUT2D eigenvalue weighted by Gasteiger charge is 2.17. The maximum atomic E-state index is 6.04. The summed E-state index contributed by atoms with van der Waals surface area (Å²) >= 11 is 6.95. The molecule has 2 rings (SSSR count). The van der Waals surface area contributed by atoms with E-state index in [0.29, 0.717) is 18.2 Å². The number of aryl methyl sites for hydroxylation is 2. The molecular weight excluding hydrogens is 402 g/mol. The number of rotatable bonds is 5. The predicted octanol–water partition coefficient (Wildman–Crippen LogP) is 3.56. The molecule has 0 aliphatic carbocycles. The van der Waals surface area contributed by atoms with Crippen molar-refractivity contribution in [3.05, 3.63) is 32.3 Å². The van der Waals surface area contributed by atoms with E-state index >= 15 is 0 Å². The third-order valence-corrected chi connectivity index (χ3v) is 4.34. The number of benzene rings is 1. The van der Waals surface area contributed by atoms with Crippen LogP contribution in [0.1, 0.15) is 11.3 Å². The Morgan fingerprint density at radius 3 is 2.48 bits per heavy atom. The van der Waals surface area contributed by atoms with Crippen molar-refractivity contribution >= 4 is 31.9 Å². The van der Waals surface area contributed by atoms with Crippen LogP contribution in [0, 0.1) is 6.92 Å². The van der Waals surface area contributed by atoms with Crippen molar-refractivity contribution in [3.63, 3.8) is 0 Å². The Bertz CT molecular complexity index is 656. The highest BCUT2D eigenvalue weighted by molar-refractivity contribution is 9.11. The first-order valence-electron chi connectivity index (χ1n) is 6.41. The average Bonchev–Trinajstić information content (AvgIpc) is 2.69. The van der Waals surface area contributed by atoms with Crippen LogP contribution in [0.3, 0.4) is 0 Å². The number of aromatic nitrogens is 2. The number of hydrogen-bond donors (Lipinski definition) is 1. The standard InChI is InChI=1S/C14H17Br2N3O2/c1-8-9(4-5-17)14(19(2)18-8)21-13-7-10(15)12(20-3)6-11(13)16/h6-7H,4-5,17H2,1-3H3. The third kappa shape index (κ3) is 3.41. The van der Waals surface area contributed by atoms with Gasteiger partial charge in [-0.1, -0.05) is 0 Å². The maximum Gasteiger partial charge on any atom is 0.221 e. The summed E-state index contributed by atoms with van der Waals surface area (Å²) in [6.07, 6.45) is 0.726. The predicted molar refractivity (Wildman–Crippen MR) is 89.2 cm³/mol. The molecule has 0 aliphatic heterocycles. The lowest BCUT2D eigenvalue weighted by Gasteiger charge is -2.12. The highest BCUT2D eigenvalue weighted by Crippen LogP contribution is 2.39. The fourth-order valence-corrected chi connectivity index (χ4v) is 2.98. The molecule has 0 fully saturated rings. The maximum absolute atomic E-state index is 6.04. The molecule has 1 heterocycles. The van der Waals surface area contributed by atoms with Crippen molar-refractivity contribution in [3.8, 4) is 17.4 Å². The first-order chi connectivity index (χ1) is 9.97. The van der Waals surface area contributed by atoms with E-state index in [2.05, 4.69) is 37.0 Å². The number of nitrogens with zero attached hydrogens (tertiary/aromatic N) is 2. The number of methoxy groups -OCH3 is 1. The van der Waals surface area contributed by atoms with Crippen molar-refractivity contribution in [1.29, 1.82) is 0 Å². The molecule has 0 aliphatic rings. The van der Waals surface area contributed by atoms with Gasteiger partial charge < -0.3 is 15.2 Å². The quantitative estimate of drug-likeness (QED) is 0.806. The molecule has 0 unspecified atom stereocenters. The van der Waals surface area contributed by atoms with Crippen LogP contribution in [-0.2, 0) is 13.5 Å². The van der Waals surface area contributed by atoms with Gasteiger partial charge in [0, 0.05) is 12.6 Å². The van der Waals surface area contributed by atoms with E-state index in [4.69, 9.17) is 15.2 Å². The van der Waals surface area contributed by atoms with Gasteiger partial charge in [-0.3, -0.25) is 0 Å². The minimum atomic E-state index is 0.552. The van der Waals surface area contributed by atoms with Crippen molar-refractivity contribution in [1.82, 2.24) is 9.78 Å². The highest BCUT2D eigenvalue weighted by atomic mass is 79.9. The summed E-state index contributed by atoms with van der Waals surface area (Å²) in [6.45, 7) is 2.51. The zero-order valence-electron chi connectivity index (χ0n) is 12.1. The summed E-state index contributed by atoms with van der Waals surface area (Å²) in [5.74, 6) is 2.12. The Morgan fingerprint density at radius 2 is 1.86 bits per heavy atom.